The van der Waals surface area contributed by atoms with Crippen LogP contribution < -0.4 is 0 Å². The molecule has 2 aliphatic heterocycles. The van der Waals surface area contributed by atoms with Gasteiger partial charge < -0.3 is 29.3 Å². The van der Waals surface area contributed by atoms with Gasteiger partial charge in [-0.2, -0.15) is 0 Å². The second-order valence-electron chi connectivity index (χ2n) is 17.7. The van der Waals surface area contributed by atoms with Crippen molar-refractivity contribution in [2.45, 2.75) is 136 Å². The van der Waals surface area contributed by atoms with E-state index in [9.17, 15) is 15.0 Å². The molecule has 7 heteroatoms. The zero-order chi connectivity index (χ0) is 30.2. The molecule has 7 nitrogen and oxygen atoms in total. The standard InChI is InChI=1S/C36H57NO6/c1-21-16-23(19-38)42-30-29(21)33(4)12-13-36-20-35(36)11-10-26(32(2,3)24(35)8-9-25(36)34(33,5)31(30)40)43-28-18-37(14-15-41-28)27(39)17-22-6-7-22/h21-26,28-31,38,40H,6-20H2,1-5H3/t21-,23?,24?,25?,26?,28+,29+,30?,31+,33?,34-,35?,36?/m1/s1. The molecule has 6 aliphatic carbocycles. The topological polar surface area (TPSA) is 88.5 Å². The van der Waals surface area contributed by atoms with Gasteiger partial charge in [0.05, 0.1) is 44.2 Å². The monoisotopic (exact) mass is 599 g/mol. The molecule has 0 aromatic heterocycles. The first-order chi connectivity index (χ1) is 20.4. The summed E-state index contributed by atoms with van der Waals surface area (Å²) in [6, 6.07) is 0. The molecular weight excluding hydrogens is 542 g/mol. The minimum absolute atomic E-state index is 0.0340. The summed E-state index contributed by atoms with van der Waals surface area (Å²) in [5.74, 6) is 2.80. The number of amides is 1. The number of aliphatic hydroxyl groups is 2. The molecule has 8 fully saturated rings. The molecule has 8 rings (SSSR count). The zero-order valence-electron chi connectivity index (χ0n) is 27.4. The van der Waals surface area contributed by atoms with E-state index in [1.54, 1.807) is 0 Å². The normalized spacial score (nSPS) is 55.0. The van der Waals surface area contributed by atoms with E-state index >= 15 is 0 Å². The first-order valence-corrected chi connectivity index (χ1v) is 17.9. The number of carbonyl (C=O) groups excluding carboxylic acids is 1. The molecule has 13 atom stereocenters. The fraction of sp³-hybridized carbons (Fsp3) is 0.972. The van der Waals surface area contributed by atoms with Gasteiger partial charge in [0.15, 0.2) is 6.29 Å². The number of aliphatic hydroxyl groups excluding tert-OH is 2. The lowest BCUT2D eigenvalue weighted by molar-refractivity contribution is -0.248. The molecule has 2 N–H and O–H groups in total. The zero-order valence-corrected chi connectivity index (χ0v) is 27.4. The molecule has 0 bridgehead atoms. The van der Waals surface area contributed by atoms with Crippen LogP contribution in [0.4, 0.5) is 0 Å². The summed E-state index contributed by atoms with van der Waals surface area (Å²) in [5.41, 5.74) is 0.578. The van der Waals surface area contributed by atoms with E-state index in [-0.39, 0.29) is 53.4 Å². The van der Waals surface area contributed by atoms with E-state index in [0.29, 0.717) is 66.5 Å². The first kappa shape index (κ1) is 29.7. The minimum Gasteiger partial charge on any atom is -0.394 e. The number of fused-ring (bicyclic) bond motifs is 4. The Morgan fingerprint density at radius 3 is 2.49 bits per heavy atom. The molecule has 2 saturated heterocycles. The molecule has 0 aromatic rings. The van der Waals surface area contributed by atoms with E-state index in [0.717, 1.165) is 12.8 Å². The molecular formula is C36H57NO6. The van der Waals surface area contributed by atoms with Crippen molar-refractivity contribution in [3.8, 4) is 0 Å². The summed E-state index contributed by atoms with van der Waals surface area (Å²) in [6.45, 7) is 14.0. The van der Waals surface area contributed by atoms with Gasteiger partial charge in [0.1, 0.15) is 0 Å². The predicted octanol–water partition coefficient (Wildman–Crippen LogP) is 5.16. The van der Waals surface area contributed by atoms with Gasteiger partial charge in [0.2, 0.25) is 5.91 Å². The molecule has 6 saturated carbocycles. The number of morpholine rings is 1. The maximum atomic E-state index is 12.8. The fourth-order valence-electron chi connectivity index (χ4n) is 13.6. The molecule has 242 valence electrons. The summed E-state index contributed by atoms with van der Waals surface area (Å²) in [4.78, 5) is 14.8. The Hall–Kier alpha value is -0.730. The summed E-state index contributed by atoms with van der Waals surface area (Å²) in [5, 5.41) is 22.2. The fourth-order valence-corrected chi connectivity index (χ4v) is 13.6. The lowest BCUT2D eigenvalue weighted by atomic mass is 9.41. The van der Waals surface area contributed by atoms with Crippen LogP contribution in [-0.2, 0) is 19.0 Å². The Labute approximate surface area is 258 Å². The second kappa shape index (κ2) is 9.65. The van der Waals surface area contributed by atoms with Crippen LogP contribution in [0.25, 0.3) is 0 Å². The van der Waals surface area contributed by atoms with Crippen molar-refractivity contribution in [2.75, 3.05) is 26.3 Å². The highest BCUT2D eigenvalue weighted by atomic mass is 16.7. The van der Waals surface area contributed by atoms with Crippen molar-refractivity contribution in [1.29, 1.82) is 0 Å². The van der Waals surface area contributed by atoms with E-state index < -0.39 is 6.10 Å². The van der Waals surface area contributed by atoms with E-state index in [4.69, 9.17) is 14.2 Å². The molecule has 2 spiro atoms. The smallest absolute Gasteiger partial charge is 0.223 e. The highest BCUT2D eigenvalue weighted by molar-refractivity contribution is 5.76. The Bertz CT molecular complexity index is 1140. The number of ether oxygens (including phenoxy) is 3. The maximum absolute atomic E-state index is 12.8. The quantitative estimate of drug-likeness (QED) is 0.454. The van der Waals surface area contributed by atoms with E-state index in [1.807, 2.05) is 4.90 Å². The summed E-state index contributed by atoms with van der Waals surface area (Å²) < 4.78 is 19.4. The van der Waals surface area contributed by atoms with Gasteiger partial charge >= 0.3 is 0 Å². The average Bonchev–Trinajstić information content (AvgIpc) is 3.90. The molecule has 43 heavy (non-hydrogen) atoms. The Morgan fingerprint density at radius 2 is 1.74 bits per heavy atom. The lowest BCUT2D eigenvalue weighted by Crippen LogP contribution is -2.60. The Morgan fingerprint density at radius 1 is 1.00 bits per heavy atom. The summed E-state index contributed by atoms with van der Waals surface area (Å²) in [6.07, 6.45) is 11.4. The third-order valence-corrected chi connectivity index (χ3v) is 15.9. The summed E-state index contributed by atoms with van der Waals surface area (Å²) >= 11 is 0. The van der Waals surface area contributed by atoms with Gasteiger partial charge in [0, 0.05) is 18.4 Å². The number of nitrogens with zero attached hydrogens (tertiary/aromatic N) is 1. The second-order valence-corrected chi connectivity index (χ2v) is 17.7. The molecule has 8 unspecified atom stereocenters. The van der Waals surface area contributed by atoms with Gasteiger partial charge in [0.25, 0.3) is 0 Å². The van der Waals surface area contributed by atoms with E-state index in [1.165, 1.54) is 51.4 Å². The van der Waals surface area contributed by atoms with Crippen molar-refractivity contribution in [3.05, 3.63) is 0 Å². The third kappa shape index (κ3) is 3.87. The van der Waals surface area contributed by atoms with Crippen LogP contribution in [0, 0.1) is 56.7 Å². The molecule has 2 heterocycles. The number of hydrogen-bond donors (Lipinski definition) is 2. The van der Waals surface area contributed by atoms with Gasteiger partial charge in [-0.05, 0) is 115 Å². The van der Waals surface area contributed by atoms with Gasteiger partial charge in [-0.1, -0.05) is 34.6 Å². The first-order valence-electron chi connectivity index (χ1n) is 17.9. The van der Waals surface area contributed by atoms with Crippen LogP contribution in [0.5, 0.6) is 0 Å². The third-order valence-electron chi connectivity index (χ3n) is 15.9. The SMILES string of the molecule is C[C@@H]1CC(CO)OC2[C@H]1C1(C)CCC34CC35CCC(O[C@H]3CN(C(=O)CC6CC6)CCO3)C(C)(C)C5CCC4[C@]1(C)[C@H]2O. The van der Waals surface area contributed by atoms with Crippen molar-refractivity contribution >= 4 is 5.91 Å². The van der Waals surface area contributed by atoms with Crippen LogP contribution in [0.15, 0.2) is 0 Å². The van der Waals surface area contributed by atoms with Gasteiger partial charge in [-0.25, -0.2) is 0 Å². The van der Waals surface area contributed by atoms with Gasteiger partial charge in [-0.15, -0.1) is 0 Å². The van der Waals surface area contributed by atoms with Crippen LogP contribution in [-0.4, -0.2) is 78.0 Å². The highest BCUT2D eigenvalue weighted by Crippen LogP contribution is 2.89. The van der Waals surface area contributed by atoms with Crippen molar-refractivity contribution in [1.82, 2.24) is 4.90 Å². The maximum Gasteiger partial charge on any atom is 0.223 e. The number of hydrogen-bond acceptors (Lipinski definition) is 6. The Balaban J connectivity index is 1.01. The van der Waals surface area contributed by atoms with Crippen LogP contribution in [0.1, 0.15) is 105 Å². The van der Waals surface area contributed by atoms with Crippen molar-refractivity contribution in [2.24, 2.45) is 56.7 Å². The number of rotatable bonds is 5. The van der Waals surface area contributed by atoms with Crippen LogP contribution in [0.2, 0.25) is 0 Å². The average molecular weight is 600 g/mol. The van der Waals surface area contributed by atoms with Gasteiger partial charge in [-0.3, -0.25) is 4.79 Å². The Kier molecular flexibility index (Phi) is 6.66. The lowest BCUT2D eigenvalue weighted by Gasteiger charge is -2.64. The van der Waals surface area contributed by atoms with Crippen LogP contribution >= 0.6 is 0 Å². The largest absolute Gasteiger partial charge is 0.394 e. The molecule has 1 amide bonds. The van der Waals surface area contributed by atoms with Crippen molar-refractivity contribution < 1.29 is 29.2 Å². The van der Waals surface area contributed by atoms with Crippen molar-refractivity contribution in [3.63, 3.8) is 0 Å². The van der Waals surface area contributed by atoms with Crippen LogP contribution in [0.3, 0.4) is 0 Å². The molecule has 0 radical (unpaired) electrons. The number of carbonyl (C=O) groups is 1. The molecule has 8 aliphatic rings. The molecule has 0 aromatic carbocycles. The predicted molar refractivity (Wildman–Crippen MR) is 162 cm³/mol. The summed E-state index contributed by atoms with van der Waals surface area (Å²) in [7, 11) is 0. The van der Waals surface area contributed by atoms with E-state index in [2.05, 4.69) is 34.6 Å². The highest BCUT2D eigenvalue weighted by Gasteiger charge is 2.84. The minimum atomic E-state index is -0.475.